The molecular formula is C31H43N5O2. The number of anilines is 1. The molecule has 3 rings (SSSR count). The van der Waals surface area contributed by atoms with Gasteiger partial charge in [-0.1, -0.05) is 64.0 Å². The van der Waals surface area contributed by atoms with Gasteiger partial charge >= 0.3 is 0 Å². The average molecular weight is 518 g/mol. The number of unbranched alkanes of at least 4 members (excludes halogenated alkanes) is 9. The Morgan fingerprint density at radius 3 is 2.34 bits per heavy atom. The molecule has 0 atom stereocenters. The van der Waals surface area contributed by atoms with E-state index in [9.17, 15) is 9.59 Å². The summed E-state index contributed by atoms with van der Waals surface area (Å²) in [5, 5.41) is 8.55. The van der Waals surface area contributed by atoms with Crippen molar-refractivity contribution in [2.24, 2.45) is 0 Å². The number of fused-ring (bicyclic) bond motifs is 1. The van der Waals surface area contributed by atoms with Crippen LogP contribution in [0.3, 0.4) is 0 Å². The highest BCUT2D eigenvalue weighted by molar-refractivity contribution is 6.06. The molecule has 0 aliphatic carbocycles. The van der Waals surface area contributed by atoms with Crippen molar-refractivity contribution in [3.05, 3.63) is 48.9 Å². The maximum absolute atomic E-state index is 12.4. The summed E-state index contributed by atoms with van der Waals surface area (Å²) >= 11 is 0. The number of rotatable bonds is 19. The molecular weight excluding hydrogens is 474 g/mol. The van der Waals surface area contributed by atoms with E-state index in [1.165, 1.54) is 45.4 Å². The van der Waals surface area contributed by atoms with Gasteiger partial charge in [0.15, 0.2) is 11.6 Å². The normalized spacial score (nSPS) is 11.1. The van der Waals surface area contributed by atoms with Crippen LogP contribution in [-0.4, -0.2) is 37.9 Å². The Balaban J connectivity index is 1.56. The van der Waals surface area contributed by atoms with Crippen LogP contribution in [0.4, 0.5) is 5.95 Å². The lowest BCUT2D eigenvalue weighted by Crippen LogP contribution is -2.11. The van der Waals surface area contributed by atoms with Crippen molar-refractivity contribution in [1.29, 1.82) is 0 Å². The van der Waals surface area contributed by atoms with Crippen LogP contribution in [0.25, 0.3) is 22.0 Å². The molecule has 0 aliphatic heterocycles. The van der Waals surface area contributed by atoms with Crippen LogP contribution >= 0.6 is 0 Å². The predicted octanol–water partition coefficient (Wildman–Crippen LogP) is 7.56. The fourth-order valence-corrected chi connectivity index (χ4v) is 4.62. The van der Waals surface area contributed by atoms with Gasteiger partial charge in [-0.2, -0.15) is 5.10 Å². The van der Waals surface area contributed by atoms with E-state index in [0.29, 0.717) is 18.1 Å². The minimum atomic E-state index is -0.118. The van der Waals surface area contributed by atoms with Crippen LogP contribution in [0.5, 0.6) is 0 Å². The number of aromatic nitrogens is 4. The first-order valence-electron chi connectivity index (χ1n) is 14.2. The van der Waals surface area contributed by atoms with Crippen molar-refractivity contribution in [3.63, 3.8) is 0 Å². The largest absolute Gasteiger partial charge is 0.354 e. The fourth-order valence-electron chi connectivity index (χ4n) is 4.62. The number of nitrogens with zero attached hydrogens (tertiary/aromatic N) is 4. The number of nitrogens with one attached hydrogen (secondary N) is 1. The van der Waals surface area contributed by atoms with Crippen molar-refractivity contribution in [2.75, 3.05) is 11.9 Å². The molecule has 1 N–H and O–H groups in total. The number of hydrogen-bond acceptors (Lipinski definition) is 6. The highest BCUT2D eigenvalue weighted by Gasteiger charge is 2.17. The molecule has 0 radical (unpaired) electrons. The molecule has 3 aromatic rings. The van der Waals surface area contributed by atoms with Crippen LogP contribution in [0, 0.1) is 0 Å². The van der Waals surface area contributed by atoms with E-state index in [1.54, 1.807) is 17.1 Å². The molecule has 0 amide bonds. The molecule has 0 saturated heterocycles. The zero-order valence-corrected chi connectivity index (χ0v) is 23.2. The molecule has 0 unspecified atom stereocenters. The standard InChI is InChI=1S/C31H43N5O2/c1-4-6-8-9-10-11-12-13-15-19-32-31-33-21-26(22-34-31)25-17-18-29-28(20-25)30(24(3)37)35-36(29)23-27(38)16-14-7-5-2/h4,17-18,20-22H,1,5-16,19,23H2,2-3H3,(H,32,33,34). The first-order valence-corrected chi connectivity index (χ1v) is 14.2. The van der Waals surface area contributed by atoms with Gasteiger partial charge in [-0.3, -0.25) is 14.3 Å². The van der Waals surface area contributed by atoms with E-state index in [1.807, 2.05) is 24.3 Å². The molecule has 2 heterocycles. The Labute approximate surface area is 227 Å². The summed E-state index contributed by atoms with van der Waals surface area (Å²) in [5.74, 6) is 0.642. The monoisotopic (exact) mass is 517 g/mol. The highest BCUT2D eigenvalue weighted by atomic mass is 16.1. The zero-order valence-electron chi connectivity index (χ0n) is 23.2. The summed E-state index contributed by atoms with van der Waals surface area (Å²) in [5.41, 5.74) is 2.96. The molecule has 7 nitrogen and oxygen atoms in total. The number of Topliss-reactive ketones (excluding diaryl/α,β-unsaturated/α-hetero) is 2. The summed E-state index contributed by atoms with van der Waals surface area (Å²) in [6.07, 6.45) is 19.0. The summed E-state index contributed by atoms with van der Waals surface area (Å²) in [6, 6.07) is 5.84. The van der Waals surface area contributed by atoms with Crippen molar-refractivity contribution in [2.45, 2.75) is 97.4 Å². The Morgan fingerprint density at radius 1 is 0.947 bits per heavy atom. The van der Waals surface area contributed by atoms with Crippen molar-refractivity contribution < 1.29 is 9.59 Å². The number of carbonyl (C=O) groups excluding carboxylic acids is 2. The Hall–Kier alpha value is -3.35. The lowest BCUT2D eigenvalue weighted by Gasteiger charge is -2.07. The van der Waals surface area contributed by atoms with E-state index in [2.05, 4.69) is 33.9 Å². The molecule has 7 heteroatoms. The molecule has 38 heavy (non-hydrogen) atoms. The quantitative estimate of drug-likeness (QED) is 0.100. The van der Waals surface area contributed by atoms with E-state index in [4.69, 9.17) is 0 Å². The van der Waals surface area contributed by atoms with Gasteiger partial charge in [0.2, 0.25) is 5.95 Å². The molecule has 0 saturated carbocycles. The van der Waals surface area contributed by atoms with Crippen LogP contribution in [0.2, 0.25) is 0 Å². The second-order valence-corrected chi connectivity index (χ2v) is 10.1. The van der Waals surface area contributed by atoms with E-state index >= 15 is 0 Å². The second-order valence-electron chi connectivity index (χ2n) is 10.1. The minimum Gasteiger partial charge on any atom is -0.354 e. The van der Waals surface area contributed by atoms with E-state index in [0.717, 1.165) is 60.7 Å². The van der Waals surface area contributed by atoms with Gasteiger partial charge in [-0.05, 0) is 43.4 Å². The number of carbonyl (C=O) groups is 2. The molecule has 0 bridgehead atoms. The third-order valence-electron chi connectivity index (χ3n) is 6.82. The fraction of sp³-hybridized carbons (Fsp3) is 0.516. The Kier molecular flexibility index (Phi) is 12.1. The summed E-state index contributed by atoms with van der Waals surface area (Å²) in [6.45, 7) is 8.45. The number of ketones is 2. The Morgan fingerprint density at radius 2 is 1.66 bits per heavy atom. The molecule has 2 aromatic heterocycles. The topological polar surface area (TPSA) is 89.8 Å². The lowest BCUT2D eigenvalue weighted by atomic mass is 10.0. The minimum absolute atomic E-state index is 0.118. The van der Waals surface area contributed by atoms with Gasteiger partial charge in [-0.15, -0.1) is 6.58 Å². The summed E-state index contributed by atoms with van der Waals surface area (Å²) < 4.78 is 1.66. The predicted molar refractivity (Wildman–Crippen MR) is 156 cm³/mol. The Bertz CT molecular complexity index is 1180. The molecule has 0 fully saturated rings. The summed E-state index contributed by atoms with van der Waals surface area (Å²) in [4.78, 5) is 33.7. The maximum Gasteiger partial charge on any atom is 0.222 e. The second kappa shape index (κ2) is 15.8. The number of hydrogen-bond donors (Lipinski definition) is 1. The van der Waals surface area contributed by atoms with Crippen LogP contribution in [-0.2, 0) is 11.3 Å². The smallest absolute Gasteiger partial charge is 0.222 e. The average Bonchev–Trinajstić information content (AvgIpc) is 3.28. The number of allylic oxidation sites excluding steroid dienone is 1. The van der Waals surface area contributed by atoms with Gasteiger partial charge in [0.25, 0.3) is 0 Å². The van der Waals surface area contributed by atoms with Gasteiger partial charge in [0.05, 0.1) is 5.52 Å². The molecule has 0 spiro atoms. The third kappa shape index (κ3) is 8.89. The lowest BCUT2D eigenvalue weighted by molar-refractivity contribution is -0.119. The first-order chi connectivity index (χ1) is 18.5. The zero-order chi connectivity index (χ0) is 27.2. The van der Waals surface area contributed by atoms with Crippen molar-refractivity contribution >= 4 is 28.4 Å². The highest BCUT2D eigenvalue weighted by Crippen LogP contribution is 2.27. The summed E-state index contributed by atoms with van der Waals surface area (Å²) in [7, 11) is 0. The van der Waals surface area contributed by atoms with Crippen molar-refractivity contribution in [1.82, 2.24) is 19.7 Å². The molecule has 0 aliphatic rings. The first kappa shape index (κ1) is 29.2. The van der Waals surface area contributed by atoms with Crippen LogP contribution < -0.4 is 5.32 Å². The van der Waals surface area contributed by atoms with E-state index < -0.39 is 0 Å². The van der Waals surface area contributed by atoms with Gasteiger partial charge in [0, 0.05) is 43.2 Å². The van der Waals surface area contributed by atoms with E-state index in [-0.39, 0.29) is 18.1 Å². The maximum atomic E-state index is 12.4. The van der Waals surface area contributed by atoms with Gasteiger partial charge in [0.1, 0.15) is 12.2 Å². The molecule has 1 aromatic carbocycles. The third-order valence-corrected chi connectivity index (χ3v) is 6.82. The van der Waals surface area contributed by atoms with Gasteiger partial charge < -0.3 is 5.32 Å². The van der Waals surface area contributed by atoms with Crippen LogP contribution in [0.1, 0.15) is 101 Å². The van der Waals surface area contributed by atoms with Crippen molar-refractivity contribution in [3.8, 4) is 11.1 Å². The SMILES string of the molecule is C=CCCCCCCCCCNc1ncc(-c2ccc3c(c2)c(C(C)=O)nn3CC(=O)CCCCC)cn1. The van der Waals surface area contributed by atoms with Crippen LogP contribution in [0.15, 0.2) is 43.2 Å². The van der Waals surface area contributed by atoms with Gasteiger partial charge in [-0.25, -0.2) is 9.97 Å². The number of benzene rings is 1. The molecule has 204 valence electrons.